The number of carbonyl (C=O) groups excluding carboxylic acids is 1. The van der Waals surface area contributed by atoms with Gasteiger partial charge in [-0.1, -0.05) is 6.07 Å². The lowest BCUT2D eigenvalue weighted by atomic mass is 10.2. The lowest BCUT2D eigenvalue weighted by Crippen LogP contribution is -2.22. The first-order chi connectivity index (χ1) is 9.19. The molecule has 0 bridgehead atoms. The molecule has 0 unspecified atom stereocenters. The van der Waals surface area contributed by atoms with Crippen molar-refractivity contribution in [3.05, 3.63) is 52.4 Å². The molecule has 5 nitrogen and oxygen atoms in total. The molecule has 0 fully saturated rings. The van der Waals surface area contributed by atoms with Crippen LogP contribution in [0.2, 0.25) is 0 Å². The maximum atomic E-state index is 11.8. The van der Waals surface area contributed by atoms with Gasteiger partial charge in [-0.05, 0) is 33.6 Å². The molecule has 0 atom stereocenters. The Morgan fingerprint density at radius 3 is 2.68 bits per heavy atom. The zero-order valence-electron chi connectivity index (χ0n) is 10.3. The van der Waals surface area contributed by atoms with E-state index < -0.39 is 0 Å². The Labute approximate surface area is 119 Å². The molecule has 0 aromatic carbocycles. The maximum absolute atomic E-state index is 11.8. The number of nitrogens with one attached hydrogen (secondary N) is 1. The zero-order chi connectivity index (χ0) is 13.7. The van der Waals surface area contributed by atoms with Gasteiger partial charge in [0.05, 0.1) is 12.7 Å². The summed E-state index contributed by atoms with van der Waals surface area (Å²) in [7, 11) is 1.56. The molecular formula is C13H12BrN3O2. The number of nitrogens with zero attached hydrogens (tertiary/aromatic N) is 2. The van der Waals surface area contributed by atoms with Crippen LogP contribution in [0.3, 0.4) is 0 Å². The molecule has 19 heavy (non-hydrogen) atoms. The smallest absolute Gasteiger partial charge is 0.253 e. The molecule has 98 valence electrons. The number of aromatic nitrogens is 2. The van der Waals surface area contributed by atoms with Crippen LogP contribution in [-0.4, -0.2) is 23.0 Å². The largest absolute Gasteiger partial charge is 0.481 e. The molecule has 0 aliphatic carbocycles. The third kappa shape index (κ3) is 3.75. The predicted molar refractivity (Wildman–Crippen MR) is 73.9 cm³/mol. The second-order valence-corrected chi connectivity index (χ2v) is 4.57. The summed E-state index contributed by atoms with van der Waals surface area (Å²) in [6.07, 6.45) is 3.19. The van der Waals surface area contributed by atoms with E-state index in [1.54, 1.807) is 31.5 Å². The Morgan fingerprint density at radius 2 is 2.11 bits per heavy atom. The number of hydrogen-bond donors (Lipinski definition) is 1. The van der Waals surface area contributed by atoms with Gasteiger partial charge in [-0.3, -0.25) is 4.79 Å². The second kappa shape index (κ2) is 6.29. The van der Waals surface area contributed by atoms with Gasteiger partial charge < -0.3 is 10.1 Å². The SMILES string of the molecule is COc1ccc(CNC(=O)c2ccc(Br)nc2)cn1. The van der Waals surface area contributed by atoms with E-state index in [1.165, 1.54) is 6.20 Å². The van der Waals surface area contributed by atoms with Crippen molar-refractivity contribution in [1.29, 1.82) is 0 Å². The van der Waals surface area contributed by atoms with Crippen LogP contribution in [0.4, 0.5) is 0 Å². The minimum Gasteiger partial charge on any atom is -0.481 e. The van der Waals surface area contributed by atoms with E-state index in [-0.39, 0.29) is 5.91 Å². The quantitative estimate of drug-likeness (QED) is 0.877. The summed E-state index contributed by atoms with van der Waals surface area (Å²) in [4.78, 5) is 19.9. The molecule has 2 aromatic rings. The Kier molecular flexibility index (Phi) is 4.46. The number of amides is 1. The van der Waals surface area contributed by atoms with Crippen molar-refractivity contribution < 1.29 is 9.53 Å². The first kappa shape index (κ1) is 13.5. The molecule has 0 saturated heterocycles. The summed E-state index contributed by atoms with van der Waals surface area (Å²) in [5.41, 5.74) is 1.42. The van der Waals surface area contributed by atoms with Crippen LogP contribution in [0.25, 0.3) is 0 Å². The molecule has 1 amide bonds. The first-order valence-corrected chi connectivity index (χ1v) is 6.37. The molecule has 0 aliphatic rings. The summed E-state index contributed by atoms with van der Waals surface area (Å²) < 4.78 is 5.66. The van der Waals surface area contributed by atoms with Crippen molar-refractivity contribution in [2.75, 3.05) is 7.11 Å². The Balaban J connectivity index is 1.94. The minimum atomic E-state index is -0.171. The van der Waals surface area contributed by atoms with Crippen molar-refractivity contribution >= 4 is 21.8 Å². The summed E-state index contributed by atoms with van der Waals surface area (Å²) in [6.45, 7) is 0.409. The summed E-state index contributed by atoms with van der Waals surface area (Å²) >= 11 is 3.22. The lowest BCUT2D eigenvalue weighted by Gasteiger charge is -2.05. The van der Waals surface area contributed by atoms with Gasteiger partial charge in [-0.15, -0.1) is 0 Å². The van der Waals surface area contributed by atoms with Gasteiger partial charge >= 0.3 is 0 Å². The maximum Gasteiger partial charge on any atom is 0.253 e. The van der Waals surface area contributed by atoms with Crippen LogP contribution in [-0.2, 0) is 6.54 Å². The van der Waals surface area contributed by atoms with Crippen LogP contribution in [0.5, 0.6) is 5.88 Å². The highest BCUT2D eigenvalue weighted by atomic mass is 79.9. The Hall–Kier alpha value is -1.95. The van der Waals surface area contributed by atoms with Crippen LogP contribution in [0, 0.1) is 0 Å². The molecular weight excluding hydrogens is 310 g/mol. The minimum absolute atomic E-state index is 0.171. The number of halogens is 1. The third-order valence-electron chi connectivity index (χ3n) is 2.45. The fourth-order valence-electron chi connectivity index (χ4n) is 1.43. The van der Waals surface area contributed by atoms with Gasteiger partial charge in [0.15, 0.2) is 0 Å². The van der Waals surface area contributed by atoms with Crippen LogP contribution in [0.15, 0.2) is 41.3 Å². The van der Waals surface area contributed by atoms with Crippen LogP contribution in [0.1, 0.15) is 15.9 Å². The van der Waals surface area contributed by atoms with E-state index in [4.69, 9.17) is 4.74 Å². The van der Waals surface area contributed by atoms with E-state index >= 15 is 0 Å². The van der Waals surface area contributed by atoms with E-state index in [1.807, 2.05) is 6.07 Å². The average molecular weight is 322 g/mol. The number of carbonyl (C=O) groups is 1. The van der Waals surface area contributed by atoms with Gasteiger partial charge in [0.1, 0.15) is 4.60 Å². The molecule has 0 saturated carbocycles. The molecule has 0 radical (unpaired) electrons. The van der Waals surface area contributed by atoms with Gasteiger partial charge in [0, 0.05) is 25.0 Å². The molecule has 6 heteroatoms. The molecule has 2 heterocycles. The number of pyridine rings is 2. The van der Waals surface area contributed by atoms with Crippen molar-refractivity contribution in [3.8, 4) is 5.88 Å². The highest BCUT2D eigenvalue weighted by Gasteiger charge is 2.05. The van der Waals surface area contributed by atoms with Crippen molar-refractivity contribution in [3.63, 3.8) is 0 Å². The van der Waals surface area contributed by atoms with Crippen LogP contribution >= 0.6 is 15.9 Å². The second-order valence-electron chi connectivity index (χ2n) is 3.76. The average Bonchev–Trinajstić information content (AvgIpc) is 2.46. The van der Waals surface area contributed by atoms with Gasteiger partial charge in [0.2, 0.25) is 5.88 Å². The highest BCUT2D eigenvalue weighted by Crippen LogP contribution is 2.08. The van der Waals surface area contributed by atoms with Gasteiger partial charge in [-0.25, -0.2) is 9.97 Å². The normalized spacial score (nSPS) is 10.0. The fraction of sp³-hybridized carbons (Fsp3) is 0.154. The van der Waals surface area contributed by atoms with Crippen molar-refractivity contribution in [1.82, 2.24) is 15.3 Å². The molecule has 0 aliphatic heterocycles. The highest BCUT2D eigenvalue weighted by molar-refractivity contribution is 9.10. The molecule has 1 N–H and O–H groups in total. The summed E-state index contributed by atoms with van der Waals surface area (Å²) in [5, 5.41) is 2.80. The summed E-state index contributed by atoms with van der Waals surface area (Å²) in [5.74, 6) is 0.378. The molecule has 0 spiro atoms. The Morgan fingerprint density at radius 1 is 1.26 bits per heavy atom. The standard InChI is InChI=1S/C13H12BrN3O2/c1-19-12-5-2-9(6-16-12)7-17-13(18)10-3-4-11(14)15-8-10/h2-6,8H,7H2,1H3,(H,17,18). The molecule has 2 rings (SSSR count). The van der Waals surface area contributed by atoms with E-state index in [2.05, 4.69) is 31.2 Å². The Bertz CT molecular complexity index is 555. The molecule has 2 aromatic heterocycles. The fourth-order valence-corrected chi connectivity index (χ4v) is 1.67. The topological polar surface area (TPSA) is 64.1 Å². The zero-order valence-corrected chi connectivity index (χ0v) is 11.8. The van der Waals surface area contributed by atoms with E-state index in [9.17, 15) is 4.79 Å². The van der Waals surface area contributed by atoms with Crippen LogP contribution < -0.4 is 10.1 Å². The number of ether oxygens (including phenoxy) is 1. The number of methoxy groups -OCH3 is 1. The lowest BCUT2D eigenvalue weighted by molar-refractivity contribution is 0.0950. The van der Waals surface area contributed by atoms with E-state index in [0.717, 1.165) is 5.56 Å². The monoisotopic (exact) mass is 321 g/mol. The van der Waals surface area contributed by atoms with Crippen molar-refractivity contribution in [2.24, 2.45) is 0 Å². The summed E-state index contributed by atoms with van der Waals surface area (Å²) in [6, 6.07) is 7.04. The van der Waals surface area contributed by atoms with Gasteiger partial charge in [0.25, 0.3) is 5.91 Å². The first-order valence-electron chi connectivity index (χ1n) is 5.57. The number of hydrogen-bond acceptors (Lipinski definition) is 4. The van der Waals surface area contributed by atoms with Crippen molar-refractivity contribution in [2.45, 2.75) is 6.54 Å². The third-order valence-corrected chi connectivity index (χ3v) is 2.92. The van der Waals surface area contributed by atoms with Gasteiger partial charge in [-0.2, -0.15) is 0 Å². The predicted octanol–water partition coefficient (Wildman–Crippen LogP) is 2.18. The number of rotatable bonds is 4. The van der Waals surface area contributed by atoms with E-state index in [0.29, 0.717) is 22.6 Å².